The molecule has 172 valence electrons. The number of anilines is 1. The number of para-hydroxylation sites is 2. The number of hydrogen-bond donors (Lipinski definition) is 4. The molecule has 0 radical (unpaired) electrons. The summed E-state index contributed by atoms with van der Waals surface area (Å²) in [6.07, 6.45) is 0.531. The van der Waals surface area contributed by atoms with E-state index in [1.165, 1.54) is 0 Å². The SMILES string of the molecule is COc1cc2cc(c1)COc1ccccc1NC(=O)[C@H](C[C@H](N)CC(=O)NO)OCCC2. The minimum atomic E-state index is -0.867. The molecule has 0 aromatic heterocycles. The Morgan fingerprint density at radius 3 is 2.88 bits per heavy atom. The molecule has 1 aliphatic rings. The maximum absolute atomic E-state index is 13.0. The lowest BCUT2D eigenvalue weighted by atomic mass is 10.0. The quantitative estimate of drug-likeness (QED) is 0.411. The molecule has 32 heavy (non-hydrogen) atoms. The highest BCUT2D eigenvalue weighted by molar-refractivity contribution is 5.95. The number of fused-ring (bicyclic) bond motifs is 3. The number of hydrogen-bond acceptors (Lipinski definition) is 7. The largest absolute Gasteiger partial charge is 0.497 e. The summed E-state index contributed by atoms with van der Waals surface area (Å²) in [5.74, 6) is 0.274. The van der Waals surface area contributed by atoms with E-state index in [4.69, 9.17) is 25.2 Å². The second kappa shape index (κ2) is 11.5. The Labute approximate surface area is 186 Å². The normalized spacial score (nSPS) is 17.7. The summed E-state index contributed by atoms with van der Waals surface area (Å²) in [5.41, 5.74) is 10.1. The van der Waals surface area contributed by atoms with E-state index >= 15 is 0 Å². The van der Waals surface area contributed by atoms with Crippen LogP contribution in [0.25, 0.3) is 0 Å². The van der Waals surface area contributed by atoms with E-state index in [-0.39, 0.29) is 18.7 Å². The summed E-state index contributed by atoms with van der Waals surface area (Å²) >= 11 is 0. The Hall–Kier alpha value is -3.14. The van der Waals surface area contributed by atoms with Gasteiger partial charge in [0, 0.05) is 19.1 Å². The van der Waals surface area contributed by atoms with Crippen LogP contribution in [0, 0.1) is 0 Å². The van der Waals surface area contributed by atoms with Crippen LogP contribution in [0.15, 0.2) is 42.5 Å². The third kappa shape index (κ3) is 6.68. The van der Waals surface area contributed by atoms with Crippen LogP contribution < -0.4 is 26.0 Å². The number of carbonyl (C=O) groups is 2. The topological polar surface area (TPSA) is 132 Å². The van der Waals surface area contributed by atoms with E-state index in [0.717, 1.165) is 23.3 Å². The summed E-state index contributed by atoms with van der Waals surface area (Å²) in [4.78, 5) is 24.4. The maximum atomic E-state index is 13.0. The molecule has 9 nitrogen and oxygen atoms in total. The highest BCUT2D eigenvalue weighted by Crippen LogP contribution is 2.27. The van der Waals surface area contributed by atoms with Crippen molar-refractivity contribution in [2.24, 2.45) is 5.73 Å². The number of carbonyl (C=O) groups excluding carboxylic acids is 2. The molecule has 3 rings (SSSR count). The fraction of sp³-hybridized carbons (Fsp3) is 0.391. The third-order valence-corrected chi connectivity index (χ3v) is 5.11. The van der Waals surface area contributed by atoms with E-state index in [9.17, 15) is 9.59 Å². The molecule has 2 atom stereocenters. The van der Waals surface area contributed by atoms with Gasteiger partial charge < -0.3 is 25.3 Å². The molecular formula is C23H29N3O6. The minimum absolute atomic E-state index is 0.117. The molecule has 1 heterocycles. The van der Waals surface area contributed by atoms with Gasteiger partial charge in [0.25, 0.3) is 5.91 Å². The van der Waals surface area contributed by atoms with Crippen molar-refractivity contribution >= 4 is 17.5 Å². The zero-order valence-electron chi connectivity index (χ0n) is 18.0. The minimum Gasteiger partial charge on any atom is -0.497 e. The van der Waals surface area contributed by atoms with Crippen molar-refractivity contribution in [2.45, 2.75) is 44.4 Å². The number of ether oxygens (including phenoxy) is 3. The van der Waals surface area contributed by atoms with Gasteiger partial charge in [-0.05, 0) is 54.7 Å². The number of amides is 2. The van der Waals surface area contributed by atoms with Gasteiger partial charge in [0.2, 0.25) is 5.91 Å². The molecule has 0 spiro atoms. The van der Waals surface area contributed by atoms with Gasteiger partial charge in [-0.1, -0.05) is 18.2 Å². The first-order chi connectivity index (χ1) is 15.5. The summed E-state index contributed by atoms with van der Waals surface area (Å²) in [5, 5.41) is 11.6. The second-order valence-electron chi connectivity index (χ2n) is 7.66. The molecule has 0 saturated heterocycles. The number of hydroxylamine groups is 1. The summed E-state index contributed by atoms with van der Waals surface area (Å²) in [6.45, 7) is 0.653. The number of rotatable bonds is 5. The Morgan fingerprint density at radius 1 is 1.31 bits per heavy atom. The van der Waals surface area contributed by atoms with E-state index in [2.05, 4.69) is 11.4 Å². The first-order valence-electron chi connectivity index (χ1n) is 10.5. The molecule has 2 aromatic carbocycles. The van der Waals surface area contributed by atoms with Gasteiger partial charge in [-0.3, -0.25) is 14.8 Å². The van der Waals surface area contributed by atoms with Crippen molar-refractivity contribution in [3.05, 3.63) is 53.6 Å². The Balaban J connectivity index is 1.83. The van der Waals surface area contributed by atoms with Gasteiger partial charge in [0.1, 0.15) is 24.2 Å². The molecule has 1 aliphatic heterocycles. The highest BCUT2D eigenvalue weighted by atomic mass is 16.5. The van der Waals surface area contributed by atoms with Crippen molar-refractivity contribution in [3.63, 3.8) is 0 Å². The summed E-state index contributed by atoms with van der Waals surface area (Å²) in [6, 6.07) is 12.4. The average Bonchev–Trinajstić information content (AvgIpc) is 2.79. The lowest BCUT2D eigenvalue weighted by Crippen LogP contribution is -2.39. The number of aryl methyl sites for hydroxylation is 1. The fourth-order valence-corrected chi connectivity index (χ4v) is 3.54. The second-order valence-corrected chi connectivity index (χ2v) is 7.66. The zero-order chi connectivity index (χ0) is 22.9. The molecule has 0 saturated carbocycles. The Bertz CT molecular complexity index is 936. The van der Waals surface area contributed by atoms with Crippen LogP contribution >= 0.6 is 0 Å². The van der Waals surface area contributed by atoms with Gasteiger partial charge >= 0.3 is 0 Å². The molecule has 0 aliphatic carbocycles. The molecule has 2 aromatic rings. The van der Waals surface area contributed by atoms with Crippen LogP contribution in [0.3, 0.4) is 0 Å². The maximum Gasteiger partial charge on any atom is 0.253 e. The number of nitrogens with two attached hydrogens (primary N) is 1. The van der Waals surface area contributed by atoms with Gasteiger partial charge in [0.15, 0.2) is 0 Å². The Morgan fingerprint density at radius 2 is 2.09 bits per heavy atom. The summed E-state index contributed by atoms with van der Waals surface area (Å²) < 4.78 is 17.3. The van der Waals surface area contributed by atoms with Crippen LogP contribution in [-0.2, 0) is 27.4 Å². The predicted octanol–water partition coefficient (Wildman–Crippen LogP) is 2.16. The molecule has 9 heteroatoms. The standard InChI is InChI=1S/C23H29N3O6/c1-30-18-10-15-5-4-8-31-21(12-17(24)13-22(27)26-29)23(28)25-19-6-2-3-7-20(19)32-14-16(9-15)11-18/h2-3,6-7,9-11,17,21,29H,4-5,8,12-14,24H2,1H3,(H,25,28)(H,26,27)/t17-,21-/m0/s1. The average molecular weight is 444 g/mol. The number of benzene rings is 2. The third-order valence-electron chi connectivity index (χ3n) is 5.11. The van der Waals surface area contributed by atoms with Crippen molar-refractivity contribution in [1.82, 2.24) is 5.48 Å². The first-order valence-corrected chi connectivity index (χ1v) is 10.5. The van der Waals surface area contributed by atoms with E-state index in [0.29, 0.717) is 31.1 Å². The fourth-order valence-electron chi connectivity index (χ4n) is 3.54. The first kappa shape index (κ1) is 23.5. The van der Waals surface area contributed by atoms with Crippen LogP contribution in [-0.4, -0.2) is 42.9 Å². The van der Waals surface area contributed by atoms with Gasteiger partial charge in [-0.25, -0.2) is 5.48 Å². The van der Waals surface area contributed by atoms with Gasteiger partial charge in [-0.15, -0.1) is 0 Å². The Kier molecular flexibility index (Phi) is 8.43. The van der Waals surface area contributed by atoms with Crippen LogP contribution in [0.5, 0.6) is 11.5 Å². The lowest BCUT2D eigenvalue weighted by molar-refractivity contribution is -0.131. The van der Waals surface area contributed by atoms with Crippen LogP contribution in [0.1, 0.15) is 30.4 Å². The molecule has 0 unspecified atom stereocenters. The van der Waals surface area contributed by atoms with E-state index in [1.54, 1.807) is 30.8 Å². The van der Waals surface area contributed by atoms with Crippen molar-refractivity contribution in [1.29, 1.82) is 0 Å². The van der Waals surface area contributed by atoms with E-state index in [1.807, 2.05) is 18.2 Å². The monoisotopic (exact) mass is 443 g/mol. The lowest BCUT2D eigenvalue weighted by Gasteiger charge is -2.22. The molecule has 5 N–H and O–H groups in total. The number of nitrogens with one attached hydrogen (secondary N) is 2. The van der Waals surface area contributed by atoms with Gasteiger partial charge in [-0.2, -0.15) is 0 Å². The molecule has 0 fully saturated rings. The van der Waals surface area contributed by atoms with Gasteiger partial charge in [0.05, 0.1) is 12.8 Å². The predicted molar refractivity (Wildman–Crippen MR) is 118 cm³/mol. The molecular weight excluding hydrogens is 414 g/mol. The summed E-state index contributed by atoms with van der Waals surface area (Å²) in [7, 11) is 1.63. The molecule has 2 amide bonds. The van der Waals surface area contributed by atoms with Crippen molar-refractivity contribution in [3.8, 4) is 11.5 Å². The molecule has 2 bridgehead atoms. The van der Waals surface area contributed by atoms with E-state index < -0.39 is 18.1 Å². The van der Waals surface area contributed by atoms with Crippen LogP contribution in [0.2, 0.25) is 0 Å². The van der Waals surface area contributed by atoms with Crippen LogP contribution in [0.4, 0.5) is 5.69 Å². The highest BCUT2D eigenvalue weighted by Gasteiger charge is 2.24. The zero-order valence-corrected chi connectivity index (χ0v) is 18.0. The smallest absolute Gasteiger partial charge is 0.253 e. The van der Waals surface area contributed by atoms with Crippen molar-refractivity contribution < 1.29 is 29.0 Å². The van der Waals surface area contributed by atoms with Crippen molar-refractivity contribution in [2.75, 3.05) is 19.0 Å². The number of methoxy groups -OCH3 is 1.